The normalized spacial score (nSPS) is 18.0. The van der Waals surface area contributed by atoms with Crippen LogP contribution >= 0.6 is 0 Å². The predicted octanol–water partition coefficient (Wildman–Crippen LogP) is 2.94. The fourth-order valence-electron chi connectivity index (χ4n) is 3.31. The van der Waals surface area contributed by atoms with Crippen LogP contribution in [0.5, 0.6) is 5.75 Å². The minimum Gasteiger partial charge on any atom is -0.494 e. The zero-order valence-corrected chi connectivity index (χ0v) is 12.5. The standard InChI is InChI=1S/C17H20N2O2/c1-18-16(12-9-10-12)15(11-7-8-11)17(20)19(18)13-5-3-4-6-14(13)21-2/h3-6,11-12H,7-10H2,1-2H3. The van der Waals surface area contributed by atoms with E-state index < -0.39 is 0 Å². The molecule has 1 aromatic heterocycles. The summed E-state index contributed by atoms with van der Waals surface area (Å²) in [7, 11) is 3.66. The van der Waals surface area contributed by atoms with Gasteiger partial charge in [-0.3, -0.25) is 9.48 Å². The number of hydrogen-bond acceptors (Lipinski definition) is 2. The topological polar surface area (TPSA) is 36.2 Å². The molecule has 2 aromatic rings. The molecule has 0 bridgehead atoms. The molecule has 1 heterocycles. The smallest absolute Gasteiger partial charge is 0.275 e. The lowest BCUT2D eigenvalue weighted by molar-refractivity contribution is 0.408. The quantitative estimate of drug-likeness (QED) is 0.865. The molecular weight excluding hydrogens is 264 g/mol. The number of methoxy groups -OCH3 is 1. The third-order valence-corrected chi connectivity index (χ3v) is 4.61. The Morgan fingerprint density at radius 1 is 1.10 bits per heavy atom. The summed E-state index contributed by atoms with van der Waals surface area (Å²) in [5, 5.41) is 0. The molecule has 4 nitrogen and oxygen atoms in total. The van der Waals surface area contributed by atoms with Crippen molar-refractivity contribution in [1.82, 2.24) is 9.36 Å². The van der Waals surface area contributed by atoms with E-state index in [1.165, 1.54) is 18.5 Å². The van der Waals surface area contributed by atoms with Crippen LogP contribution in [-0.2, 0) is 7.05 Å². The van der Waals surface area contributed by atoms with Gasteiger partial charge >= 0.3 is 0 Å². The van der Waals surface area contributed by atoms with E-state index in [4.69, 9.17) is 4.74 Å². The van der Waals surface area contributed by atoms with E-state index in [2.05, 4.69) is 4.68 Å². The highest BCUT2D eigenvalue weighted by molar-refractivity contribution is 5.48. The summed E-state index contributed by atoms with van der Waals surface area (Å²) in [5.41, 5.74) is 3.30. The van der Waals surface area contributed by atoms with Gasteiger partial charge in [0.25, 0.3) is 5.56 Å². The summed E-state index contributed by atoms with van der Waals surface area (Å²) in [5.74, 6) is 1.80. The number of rotatable bonds is 4. The number of para-hydroxylation sites is 2. The summed E-state index contributed by atoms with van der Waals surface area (Å²) in [4.78, 5) is 13.0. The van der Waals surface area contributed by atoms with Gasteiger partial charge in [0.05, 0.1) is 7.11 Å². The van der Waals surface area contributed by atoms with Crippen LogP contribution in [0, 0.1) is 0 Å². The first-order valence-corrected chi connectivity index (χ1v) is 7.67. The molecule has 0 atom stereocenters. The summed E-state index contributed by atoms with van der Waals surface area (Å²) in [6, 6.07) is 7.74. The first-order valence-electron chi connectivity index (χ1n) is 7.67. The number of ether oxygens (including phenoxy) is 1. The Kier molecular flexibility index (Phi) is 2.74. The van der Waals surface area contributed by atoms with Gasteiger partial charge < -0.3 is 4.74 Å². The molecule has 4 rings (SSSR count). The second-order valence-electron chi connectivity index (χ2n) is 6.16. The average Bonchev–Trinajstić information content (AvgIpc) is 3.37. The van der Waals surface area contributed by atoms with Crippen molar-refractivity contribution in [3.63, 3.8) is 0 Å². The third kappa shape index (κ3) is 1.93. The van der Waals surface area contributed by atoms with Crippen molar-refractivity contribution in [2.45, 2.75) is 37.5 Å². The highest BCUT2D eigenvalue weighted by Gasteiger charge is 2.39. The molecule has 2 saturated carbocycles. The Bertz CT molecular complexity index is 749. The number of nitrogens with zero attached hydrogens (tertiary/aromatic N) is 2. The average molecular weight is 284 g/mol. The van der Waals surface area contributed by atoms with Crippen molar-refractivity contribution in [3.05, 3.63) is 45.9 Å². The Labute approximate surface area is 123 Å². The molecule has 0 radical (unpaired) electrons. The van der Waals surface area contributed by atoms with E-state index >= 15 is 0 Å². The van der Waals surface area contributed by atoms with Gasteiger partial charge in [0, 0.05) is 24.2 Å². The molecule has 0 aliphatic heterocycles. The van der Waals surface area contributed by atoms with Gasteiger partial charge in [-0.05, 0) is 43.7 Å². The molecule has 21 heavy (non-hydrogen) atoms. The maximum atomic E-state index is 13.0. The molecule has 0 N–H and O–H groups in total. The highest BCUT2D eigenvalue weighted by atomic mass is 16.5. The fraction of sp³-hybridized carbons (Fsp3) is 0.471. The number of hydrogen-bond donors (Lipinski definition) is 0. The van der Waals surface area contributed by atoms with Gasteiger partial charge in [0.15, 0.2) is 0 Å². The maximum Gasteiger partial charge on any atom is 0.275 e. The molecular formula is C17H20N2O2. The first-order chi connectivity index (χ1) is 10.2. The fourth-order valence-corrected chi connectivity index (χ4v) is 3.31. The van der Waals surface area contributed by atoms with Crippen molar-refractivity contribution >= 4 is 0 Å². The van der Waals surface area contributed by atoms with Crippen LogP contribution in [0.4, 0.5) is 0 Å². The van der Waals surface area contributed by atoms with Gasteiger partial charge in [-0.25, -0.2) is 4.68 Å². The van der Waals surface area contributed by atoms with Crippen LogP contribution in [0.2, 0.25) is 0 Å². The zero-order chi connectivity index (χ0) is 14.6. The second kappa shape index (κ2) is 4.52. The van der Waals surface area contributed by atoms with Crippen molar-refractivity contribution in [3.8, 4) is 11.4 Å². The van der Waals surface area contributed by atoms with Crippen molar-refractivity contribution in [1.29, 1.82) is 0 Å². The monoisotopic (exact) mass is 284 g/mol. The second-order valence-corrected chi connectivity index (χ2v) is 6.16. The highest BCUT2D eigenvalue weighted by Crippen LogP contribution is 2.48. The molecule has 2 aliphatic carbocycles. The largest absolute Gasteiger partial charge is 0.494 e. The maximum absolute atomic E-state index is 13.0. The lowest BCUT2D eigenvalue weighted by Crippen LogP contribution is -2.21. The van der Waals surface area contributed by atoms with Crippen molar-refractivity contribution in [2.24, 2.45) is 7.05 Å². The van der Waals surface area contributed by atoms with E-state index in [0.29, 0.717) is 11.8 Å². The van der Waals surface area contributed by atoms with Crippen LogP contribution in [-0.4, -0.2) is 16.5 Å². The molecule has 0 amide bonds. The lowest BCUT2D eigenvalue weighted by Gasteiger charge is -2.13. The molecule has 0 saturated heterocycles. The molecule has 110 valence electrons. The minimum atomic E-state index is 0.145. The Balaban J connectivity index is 1.97. The van der Waals surface area contributed by atoms with Gasteiger partial charge in [-0.15, -0.1) is 0 Å². The summed E-state index contributed by atoms with van der Waals surface area (Å²) in [6.45, 7) is 0. The van der Waals surface area contributed by atoms with Gasteiger partial charge in [-0.2, -0.15) is 0 Å². The minimum absolute atomic E-state index is 0.145. The van der Waals surface area contributed by atoms with E-state index in [1.54, 1.807) is 11.8 Å². The van der Waals surface area contributed by atoms with E-state index in [-0.39, 0.29) is 5.56 Å². The van der Waals surface area contributed by atoms with E-state index in [0.717, 1.165) is 29.8 Å². The SMILES string of the molecule is COc1ccccc1-n1c(=O)c(C2CC2)c(C2CC2)n1C. The molecule has 4 heteroatoms. The Morgan fingerprint density at radius 3 is 2.38 bits per heavy atom. The van der Waals surface area contributed by atoms with Crippen molar-refractivity contribution in [2.75, 3.05) is 7.11 Å². The number of benzene rings is 1. The molecule has 1 aromatic carbocycles. The lowest BCUT2D eigenvalue weighted by atomic mass is 10.1. The zero-order valence-electron chi connectivity index (χ0n) is 12.5. The Hall–Kier alpha value is -1.97. The molecule has 2 fully saturated rings. The van der Waals surface area contributed by atoms with Crippen LogP contribution in [0.3, 0.4) is 0 Å². The molecule has 2 aliphatic rings. The van der Waals surface area contributed by atoms with E-state index in [1.807, 2.05) is 31.3 Å². The first kappa shape index (κ1) is 12.7. The van der Waals surface area contributed by atoms with E-state index in [9.17, 15) is 4.79 Å². The summed E-state index contributed by atoms with van der Waals surface area (Å²) >= 11 is 0. The molecule has 0 spiro atoms. The number of aromatic nitrogens is 2. The van der Waals surface area contributed by atoms with Crippen LogP contribution in [0.15, 0.2) is 29.1 Å². The predicted molar refractivity (Wildman–Crippen MR) is 81.5 cm³/mol. The van der Waals surface area contributed by atoms with Gasteiger partial charge in [0.2, 0.25) is 0 Å². The van der Waals surface area contributed by atoms with Crippen LogP contribution < -0.4 is 10.3 Å². The van der Waals surface area contributed by atoms with Crippen LogP contribution in [0.1, 0.15) is 48.8 Å². The summed E-state index contributed by atoms with van der Waals surface area (Å²) < 4.78 is 9.29. The van der Waals surface area contributed by atoms with Crippen LogP contribution in [0.25, 0.3) is 5.69 Å². The van der Waals surface area contributed by atoms with Crippen molar-refractivity contribution < 1.29 is 4.74 Å². The summed E-state index contributed by atoms with van der Waals surface area (Å²) in [6.07, 6.45) is 4.74. The third-order valence-electron chi connectivity index (χ3n) is 4.61. The van der Waals surface area contributed by atoms with Gasteiger partial charge in [-0.1, -0.05) is 12.1 Å². The Morgan fingerprint density at radius 2 is 1.76 bits per heavy atom. The molecule has 0 unspecified atom stereocenters. The van der Waals surface area contributed by atoms with Gasteiger partial charge in [0.1, 0.15) is 11.4 Å².